The minimum atomic E-state index is -0.652. The molecular formula is C18H17FN4O2. The van der Waals surface area contributed by atoms with Crippen LogP contribution >= 0.6 is 0 Å². The van der Waals surface area contributed by atoms with Crippen LogP contribution < -0.4 is 10.2 Å². The molecule has 128 valence electrons. The summed E-state index contributed by atoms with van der Waals surface area (Å²) in [6, 6.07) is 13.3. The van der Waals surface area contributed by atoms with Crippen LogP contribution in [0.2, 0.25) is 0 Å². The van der Waals surface area contributed by atoms with Crippen molar-refractivity contribution in [3.63, 3.8) is 0 Å². The molecule has 1 N–H and O–H groups in total. The highest BCUT2D eigenvalue weighted by Gasteiger charge is 2.12. The fourth-order valence-electron chi connectivity index (χ4n) is 2.56. The summed E-state index contributed by atoms with van der Waals surface area (Å²) in [5.41, 5.74) is 1.77. The first-order valence-electron chi connectivity index (χ1n) is 7.69. The van der Waals surface area contributed by atoms with Crippen molar-refractivity contribution in [2.24, 2.45) is 0 Å². The lowest BCUT2D eigenvalue weighted by atomic mass is 10.1. The Morgan fingerprint density at radius 3 is 2.64 bits per heavy atom. The zero-order chi connectivity index (χ0) is 18.0. The van der Waals surface area contributed by atoms with Crippen molar-refractivity contribution in [3.05, 3.63) is 70.0 Å². The molecule has 0 aliphatic rings. The summed E-state index contributed by atoms with van der Waals surface area (Å²) in [7, 11) is 3.81. The van der Waals surface area contributed by atoms with Crippen molar-refractivity contribution in [3.8, 4) is 0 Å². The van der Waals surface area contributed by atoms with Gasteiger partial charge in [0, 0.05) is 32.1 Å². The highest BCUT2D eigenvalue weighted by Crippen LogP contribution is 2.25. The Labute approximate surface area is 144 Å². The zero-order valence-corrected chi connectivity index (χ0v) is 13.9. The number of nitrogens with one attached hydrogen (secondary N) is 1. The molecule has 0 saturated carbocycles. The van der Waals surface area contributed by atoms with E-state index in [1.807, 2.05) is 49.3 Å². The molecule has 0 spiro atoms. The minimum absolute atomic E-state index is 0.220. The van der Waals surface area contributed by atoms with Gasteiger partial charge in [-0.05, 0) is 23.8 Å². The van der Waals surface area contributed by atoms with Crippen LogP contribution in [0.1, 0.15) is 5.56 Å². The van der Waals surface area contributed by atoms with Crippen LogP contribution in [0.4, 0.5) is 21.6 Å². The summed E-state index contributed by atoms with van der Waals surface area (Å²) in [4.78, 5) is 16.6. The highest BCUT2D eigenvalue weighted by atomic mass is 19.1. The lowest BCUT2D eigenvalue weighted by molar-refractivity contribution is -0.385. The third-order valence-corrected chi connectivity index (χ3v) is 3.88. The molecule has 2 aromatic carbocycles. The second-order valence-electron chi connectivity index (χ2n) is 5.83. The van der Waals surface area contributed by atoms with Crippen molar-refractivity contribution in [1.29, 1.82) is 0 Å². The van der Waals surface area contributed by atoms with Gasteiger partial charge in [-0.3, -0.25) is 10.1 Å². The van der Waals surface area contributed by atoms with Gasteiger partial charge in [-0.25, -0.2) is 9.37 Å². The summed E-state index contributed by atoms with van der Waals surface area (Å²) in [6.07, 6.45) is 0. The molecule has 0 saturated heterocycles. The summed E-state index contributed by atoms with van der Waals surface area (Å²) in [6.45, 7) is 0.374. The lowest BCUT2D eigenvalue weighted by Crippen LogP contribution is -2.12. The average Bonchev–Trinajstić information content (AvgIpc) is 2.60. The van der Waals surface area contributed by atoms with Crippen LogP contribution in [0, 0.1) is 15.9 Å². The number of anilines is 2. The summed E-state index contributed by atoms with van der Waals surface area (Å²) < 4.78 is 14.0. The smallest absolute Gasteiger partial charge is 0.272 e. The maximum atomic E-state index is 14.0. The molecule has 0 unspecified atom stereocenters. The van der Waals surface area contributed by atoms with E-state index in [9.17, 15) is 14.5 Å². The zero-order valence-electron chi connectivity index (χ0n) is 13.9. The molecular weight excluding hydrogens is 323 g/mol. The second kappa shape index (κ2) is 6.72. The molecule has 1 aromatic heterocycles. The van der Waals surface area contributed by atoms with Gasteiger partial charge >= 0.3 is 0 Å². The summed E-state index contributed by atoms with van der Waals surface area (Å²) in [5, 5.41) is 14.7. The van der Waals surface area contributed by atoms with E-state index in [1.54, 1.807) is 0 Å². The van der Waals surface area contributed by atoms with Crippen molar-refractivity contribution in [2.45, 2.75) is 6.54 Å². The second-order valence-corrected chi connectivity index (χ2v) is 5.83. The number of hydrogen-bond acceptors (Lipinski definition) is 5. The van der Waals surface area contributed by atoms with Gasteiger partial charge in [-0.15, -0.1) is 0 Å². The molecule has 0 amide bonds. The fraction of sp³-hybridized carbons (Fsp3) is 0.167. The molecule has 3 rings (SSSR count). The molecule has 0 atom stereocenters. The van der Waals surface area contributed by atoms with E-state index in [1.165, 1.54) is 12.1 Å². The van der Waals surface area contributed by atoms with Crippen LogP contribution in [-0.2, 0) is 6.54 Å². The van der Waals surface area contributed by atoms with Gasteiger partial charge in [0.1, 0.15) is 5.82 Å². The van der Waals surface area contributed by atoms with Gasteiger partial charge in [0.25, 0.3) is 5.69 Å². The number of halogens is 1. The van der Waals surface area contributed by atoms with Crippen LogP contribution in [0.15, 0.2) is 48.5 Å². The molecule has 0 radical (unpaired) electrons. The number of nitro benzene ring substituents is 1. The van der Waals surface area contributed by atoms with E-state index in [2.05, 4.69) is 10.3 Å². The maximum Gasteiger partial charge on any atom is 0.272 e. The molecule has 0 aliphatic heterocycles. The van der Waals surface area contributed by atoms with Crippen LogP contribution in [0.3, 0.4) is 0 Å². The predicted molar refractivity (Wildman–Crippen MR) is 96.5 cm³/mol. The Hall–Kier alpha value is -3.22. The van der Waals surface area contributed by atoms with E-state index in [-0.39, 0.29) is 11.4 Å². The number of nitro groups is 1. The first kappa shape index (κ1) is 16.6. The van der Waals surface area contributed by atoms with Gasteiger partial charge < -0.3 is 10.2 Å². The van der Waals surface area contributed by atoms with Gasteiger partial charge in [0.15, 0.2) is 5.82 Å². The Kier molecular flexibility index (Phi) is 4.47. The monoisotopic (exact) mass is 340 g/mol. The average molecular weight is 340 g/mol. The highest BCUT2D eigenvalue weighted by molar-refractivity contribution is 5.84. The molecule has 0 aliphatic carbocycles. The van der Waals surface area contributed by atoms with Gasteiger partial charge in [0.05, 0.1) is 22.2 Å². The fourth-order valence-corrected chi connectivity index (χ4v) is 2.56. The number of hydrogen-bond donors (Lipinski definition) is 1. The molecule has 0 bridgehead atoms. The largest absolute Gasteiger partial charge is 0.379 e. The SMILES string of the molecule is CN(C)c1cc(CNc2ccc([N+](=O)[O-])cc2F)c2ccccc2n1. The summed E-state index contributed by atoms with van der Waals surface area (Å²) in [5.74, 6) is 0.153. The Morgan fingerprint density at radius 2 is 1.96 bits per heavy atom. The number of benzene rings is 2. The third kappa shape index (κ3) is 3.50. The maximum absolute atomic E-state index is 14.0. The Balaban J connectivity index is 1.92. The van der Waals surface area contributed by atoms with Crippen LogP contribution in [0.25, 0.3) is 10.9 Å². The van der Waals surface area contributed by atoms with Gasteiger partial charge in [0.2, 0.25) is 0 Å². The first-order valence-corrected chi connectivity index (χ1v) is 7.69. The number of non-ortho nitro benzene ring substituents is 1. The van der Waals surface area contributed by atoms with Crippen molar-refractivity contribution in [2.75, 3.05) is 24.3 Å². The number of pyridine rings is 1. The van der Waals surface area contributed by atoms with E-state index >= 15 is 0 Å². The number of rotatable bonds is 5. The predicted octanol–water partition coefficient (Wildman–Crippen LogP) is 3.96. The lowest BCUT2D eigenvalue weighted by Gasteiger charge is -2.16. The van der Waals surface area contributed by atoms with E-state index in [4.69, 9.17) is 0 Å². The normalized spacial score (nSPS) is 10.7. The first-order chi connectivity index (χ1) is 12.0. The van der Waals surface area contributed by atoms with Crippen molar-refractivity contribution < 1.29 is 9.31 Å². The molecule has 3 aromatic rings. The number of aromatic nitrogens is 1. The van der Waals surface area contributed by atoms with Gasteiger partial charge in [-0.1, -0.05) is 18.2 Å². The number of nitrogens with zero attached hydrogens (tertiary/aromatic N) is 3. The van der Waals surface area contributed by atoms with E-state index < -0.39 is 10.7 Å². The molecule has 0 fully saturated rings. The third-order valence-electron chi connectivity index (χ3n) is 3.88. The minimum Gasteiger partial charge on any atom is -0.379 e. The van der Waals surface area contributed by atoms with E-state index in [0.717, 1.165) is 28.4 Å². The molecule has 1 heterocycles. The Morgan fingerprint density at radius 1 is 1.20 bits per heavy atom. The van der Waals surface area contributed by atoms with E-state index in [0.29, 0.717) is 6.54 Å². The standard InChI is InChI=1S/C18H17FN4O2/c1-22(2)18-9-12(14-5-3-4-6-16(14)21-18)11-20-17-8-7-13(23(24)25)10-15(17)19/h3-10,20H,11H2,1-2H3. The summed E-state index contributed by atoms with van der Waals surface area (Å²) >= 11 is 0. The number of para-hydroxylation sites is 1. The van der Waals surface area contributed by atoms with Crippen LogP contribution in [-0.4, -0.2) is 24.0 Å². The topological polar surface area (TPSA) is 71.3 Å². The van der Waals surface area contributed by atoms with Crippen molar-refractivity contribution in [1.82, 2.24) is 4.98 Å². The van der Waals surface area contributed by atoms with Crippen LogP contribution in [0.5, 0.6) is 0 Å². The molecule has 6 nitrogen and oxygen atoms in total. The van der Waals surface area contributed by atoms with Gasteiger partial charge in [-0.2, -0.15) is 0 Å². The number of fused-ring (bicyclic) bond motifs is 1. The quantitative estimate of drug-likeness (QED) is 0.562. The molecule has 25 heavy (non-hydrogen) atoms. The Bertz CT molecular complexity index is 944. The molecule has 7 heteroatoms. The van der Waals surface area contributed by atoms with Crippen molar-refractivity contribution >= 4 is 28.1 Å².